The molecule has 0 spiro atoms. The van der Waals surface area contributed by atoms with Crippen molar-refractivity contribution in [1.82, 2.24) is 4.98 Å². The molecule has 3 rings (SSSR count). The van der Waals surface area contributed by atoms with Gasteiger partial charge < -0.3 is 15.2 Å². The van der Waals surface area contributed by atoms with Gasteiger partial charge in [-0.3, -0.25) is 0 Å². The van der Waals surface area contributed by atoms with E-state index in [0.717, 1.165) is 47.7 Å². The van der Waals surface area contributed by atoms with E-state index in [4.69, 9.17) is 0 Å². The second-order valence-electron chi connectivity index (χ2n) is 7.54. The topological polar surface area (TPSA) is 73.3 Å². The Bertz CT molecular complexity index is 901. The number of hydrogen-bond donors (Lipinski definition) is 3. The highest BCUT2D eigenvalue weighted by Gasteiger charge is 2.25. The van der Waals surface area contributed by atoms with Crippen LogP contribution >= 0.6 is 0 Å². The van der Waals surface area contributed by atoms with E-state index in [2.05, 4.69) is 24.0 Å². The molecule has 2 unspecified atom stereocenters. The van der Waals surface area contributed by atoms with Gasteiger partial charge in [0.15, 0.2) is 0 Å². The largest absolute Gasteiger partial charge is 0.478 e. The SMILES string of the molecule is CCCCCC(Cc1cc2cc[nH]c2cc1C(=O)O)C(CO)c1ccccc1. The van der Waals surface area contributed by atoms with E-state index >= 15 is 0 Å². The molecule has 0 saturated heterocycles. The summed E-state index contributed by atoms with van der Waals surface area (Å²) in [5, 5.41) is 20.9. The van der Waals surface area contributed by atoms with Gasteiger partial charge in [0.25, 0.3) is 0 Å². The molecule has 0 aliphatic rings. The van der Waals surface area contributed by atoms with Gasteiger partial charge in [-0.25, -0.2) is 4.79 Å². The van der Waals surface area contributed by atoms with Crippen molar-refractivity contribution in [3.05, 3.63) is 71.4 Å². The lowest BCUT2D eigenvalue weighted by Gasteiger charge is -2.27. The molecule has 0 amide bonds. The number of hydrogen-bond acceptors (Lipinski definition) is 2. The summed E-state index contributed by atoms with van der Waals surface area (Å²) in [6.45, 7) is 2.24. The normalized spacial score (nSPS) is 13.5. The molecular formula is C24H29NO3. The number of unbranched alkanes of at least 4 members (excludes halogenated alkanes) is 2. The molecule has 3 aromatic rings. The number of carboxylic acid groups (broad SMARTS) is 1. The molecule has 1 heterocycles. The summed E-state index contributed by atoms with van der Waals surface area (Å²) < 4.78 is 0. The summed E-state index contributed by atoms with van der Waals surface area (Å²) in [6, 6.07) is 15.8. The van der Waals surface area contributed by atoms with Crippen molar-refractivity contribution in [2.24, 2.45) is 5.92 Å². The van der Waals surface area contributed by atoms with Crippen LogP contribution in [0.15, 0.2) is 54.7 Å². The lowest BCUT2D eigenvalue weighted by atomic mass is 9.78. The number of carboxylic acids is 1. The Balaban J connectivity index is 1.95. The maximum atomic E-state index is 11.9. The van der Waals surface area contributed by atoms with Crippen LogP contribution in [0.2, 0.25) is 0 Å². The van der Waals surface area contributed by atoms with Gasteiger partial charge in [-0.15, -0.1) is 0 Å². The molecule has 3 N–H and O–H groups in total. The lowest BCUT2D eigenvalue weighted by molar-refractivity contribution is 0.0695. The van der Waals surface area contributed by atoms with Crippen molar-refractivity contribution in [2.75, 3.05) is 6.61 Å². The van der Waals surface area contributed by atoms with Crippen LogP contribution in [-0.4, -0.2) is 27.8 Å². The van der Waals surface area contributed by atoms with Gasteiger partial charge in [-0.2, -0.15) is 0 Å². The first kappa shape index (κ1) is 20.2. The fourth-order valence-corrected chi connectivity index (χ4v) is 4.13. The zero-order chi connectivity index (χ0) is 19.9. The van der Waals surface area contributed by atoms with E-state index in [1.165, 1.54) is 0 Å². The average molecular weight is 380 g/mol. The van der Waals surface area contributed by atoms with Gasteiger partial charge in [0.2, 0.25) is 0 Å². The number of benzene rings is 2. The number of aromatic carboxylic acids is 1. The van der Waals surface area contributed by atoms with E-state index in [1.54, 1.807) is 6.07 Å². The number of aromatic amines is 1. The zero-order valence-electron chi connectivity index (χ0n) is 16.4. The smallest absolute Gasteiger partial charge is 0.336 e. The summed E-state index contributed by atoms with van der Waals surface area (Å²) in [5.41, 5.74) is 3.15. The Kier molecular flexibility index (Phi) is 6.88. The van der Waals surface area contributed by atoms with E-state index < -0.39 is 5.97 Å². The first-order valence-corrected chi connectivity index (χ1v) is 10.1. The van der Waals surface area contributed by atoms with Gasteiger partial charge in [-0.1, -0.05) is 56.5 Å². The van der Waals surface area contributed by atoms with Gasteiger partial charge in [-0.05, 0) is 53.5 Å². The number of H-pyrrole nitrogens is 1. The van der Waals surface area contributed by atoms with E-state index in [9.17, 15) is 15.0 Å². The molecule has 0 fully saturated rings. The zero-order valence-corrected chi connectivity index (χ0v) is 16.4. The molecule has 0 radical (unpaired) electrons. The third-order valence-corrected chi connectivity index (χ3v) is 5.66. The highest BCUT2D eigenvalue weighted by molar-refractivity contribution is 5.95. The third-order valence-electron chi connectivity index (χ3n) is 5.66. The first-order chi connectivity index (χ1) is 13.6. The van der Waals surface area contributed by atoms with Crippen LogP contribution in [0.1, 0.15) is 60.0 Å². The molecule has 4 heteroatoms. The second-order valence-corrected chi connectivity index (χ2v) is 7.54. The van der Waals surface area contributed by atoms with E-state index in [0.29, 0.717) is 12.0 Å². The molecule has 4 nitrogen and oxygen atoms in total. The number of aliphatic hydroxyl groups is 1. The number of aliphatic hydroxyl groups excluding tert-OH is 1. The summed E-state index contributed by atoms with van der Waals surface area (Å²) in [4.78, 5) is 15.0. The summed E-state index contributed by atoms with van der Waals surface area (Å²) in [6.07, 6.45) is 6.81. The van der Waals surface area contributed by atoms with Crippen LogP contribution in [0.25, 0.3) is 10.9 Å². The number of aromatic nitrogens is 1. The molecule has 28 heavy (non-hydrogen) atoms. The number of nitrogens with one attached hydrogen (secondary N) is 1. The summed E-state index contributed by atoms with van der Waals surface area (Å²) in [7, 11) is 0. The lowest BCUT2D eigenvalue weighted by Crippen LogP contribution is -2.20. The van der Waals surface area contributed by atoms with Crippen molar-refractivity contribution >= 4 is 16.9 Å². The number of carbonyl (C=O) groups is 1. The summed E-state index contributed by atoms with van der Waals surface area (Å²) >= 11 is 0. The highest BCUT2D eigenvalue weighted by Crippen LogP contribution is 2.33. The van der Waals surface area contributed by atoms with Crippen molar-refractivity contribution in [2.45, 2.75) is 44.9 Å². The molecule has 2 atom stereocenters. The third kappa shape index (κ3) is 4.63. The second kappa shape index (κ2) is 9.56. The van der Waals surface area contributed by atoms with Crippen LogP contribution < -0.4 is 0 Å². The van der Waals surface area contributed by atoms with Crippen molar-refractivity contribution < 1.29 is 15.0 Å². The highest BCUT2D eigenvalue weighted by atomic mass is 16.4. The molecule has 2 aromatic carbocycles. The Morgan fingerprint density at radius 2 is 1.89 bits per heavy atom. The van der Waals surface area contributed by atoms with Crippen LogP contribution in [0.4, 0.5) is 0 Å². The maximum Gasteiger partial charge on any atom is 0.336 e. The molecule has 0 saturated carbocycles. The quantitative estimate of drug-likeness (QED) is 0.414. The minimum absolute atomic E-state index is 0.00150. The van der Waals surface area contributed by atoms with Crippen LogP contribution in [0.5, 0.6) is 0 Å². The Labute approximate surface area is 166 Å². The van der Waals surface area contributed by atoms with Gasteiger partial charge in [0.05, 0.1) is 12.2 Å². The standard InChI is InChI=1S/C24H29NO3/c1-2-3-5-10-18(22(16-26)17-8-6-4-7-9-17)13-20-14-19-11-12-25-23(19)15-21(20)24(27)28/h4,6-9,11-12,14-15,18,22,25-26H,2-3,5,10,13,16H2,1H3,(H,27,28). The fourth-order valence-electron chi connectivity index (χ4n) is 4.13. The molecular weight excluding hydrogens is 350 g/mol. The summed E-state index contributed by atoms with van der Waals surface area (Å²) in [5.74, 6) is -0.714. The Morgan fingerprint density at radius 3 is 2.57 bits per heavy atom. The van der Waals surface area contributed by atoms with Crippen LogP contribution in [0, 0.1) is 5.92 Å². The van der Waals surface area contributed by atoms with Gasteiger partial charge in [0, 0.05) is 17.6 Å². The van der Waals surface area contributed by atoms with Crippen LogP contribution in [-0.2, 0) is 6.42 Å². The predicted molar refractivity (Wildman–Crippen MR) is 113 cm³/mol. The van der Waals surface area contributed by atoms with Gasteiger partial charge >= 0.3 is 5.97 Å². The molecule has 0 aliphatic heterocycles. The average Bonchev–Trinajstić information content (AvgIpc) is 3.16. The first-order valence-electron chi connectivity index (χ1n) is 10.1. The predicted octanol–water partition coefficient (Wildman–Crippen LogP) is 5.38. The molecule has 0 bridgehead atoms. The number of rotatable bonds is 10. The van der Waals surface area contributed by atoms with Crippen LogP contribution in [0.3, 0.4) is 0 Å². The minimum Gasteiger partial charge on any atom is -0.478 e. The molecule has 0 aliphatic carbocycles. The fraction of sp³-hybridized carbons (Fsp3) is 0.375. The Hall–Kier alpha value is -2.59. The number of fused-ring (bicyclic) bond motifs is 1. The van der Waals surface area contributed by atoms with Crippen molar-refractivity contribution in [3.8, 4) is 0 Å². The monoisotopic (exact) mass is 379 g/mol. The van der Waals surface area contributed by atoms with Gasteiger partial charge in [0.1, 0.15) is 0 Å². The maximum absolute atomic E-state index is 11.9. The van der Waals surface area contributed by atoms with Crippen molar-refractivity contribution in [1.29, 1.82) is 0 Å². The van der Waals surface area contributed by atoms with Crippen molar-refractivity contribution in [3.63, 3.8) is 0 Å². The van der Waals surface area contributed by atoms with E-state index in [1.807, 2.05) is 36.5 Å². The molecule has 1 aromatic heterocycles. The minimum atomic E-state index is -0.904. The molecule has 148 valence electrons. The Morgan fingerprint density at radius 1 is 1.11 bits per heavy atom. The van der Waals surface area contributed by atoms with E-state index in [-0.39, 0.29) is 18.4 Å².